The number of aryl methyl sites for hydroxylation is 1. The number of nitrogens with zero attached hydrogens (tertiary/aromatic N) is 4. The third-order valence-corrected chi connectivity index (χ3v) is 5.65. The van der Waals surface area contributed by atoms with Gasteiger partial charge in [0.2, 0.25) is 0 Å². The summed E-state index contributed by atoms with van der Waals surface area (Å²) in [7, 11) is 0. The Morgan fingerprint density at radius 1 is 0.946 bits per heavy atom. The molecule has 1 N–H and O–H groups in total. The third-order valence-electron chi connectivity index (χ3n) is 5.65. The molecular weight excluding hydrogens is 479 g/mol. The molecule has 5 aromatic rings. The monoisotopic (exact) mass is 497 g/mol. The molecule has 0 spiro atoms. The number of alkyl halides is 3. The topological polar surface area (TPSA) is 72.2 Å². The van der Waals surface area contributed by atoms with Gasteiger partial charge in [-0.1, -0.05) is 18.1 Å². The number of amides is 1. The molecule has 0 aliphatic rings. The lowest BCUT2D eigenvalue weighted by Gasteiger charge is -2.13. The van der Waals surface area contributed by atoms with Gasteiger partial charge in [-0.3, -0.25) is 9.20 Å². The number of pyridine rings is 1. The van der Waals surface area contributed by atoms with Crippen LogP contribution in [-0.4, -0.2) is 25.3 Å². The number of fused-ring (bicyclic) bond motifs is 1. The van der Waals surface area contributed by atoms with Crippen molar-refractivity contribution in [3.8, 4) is 23.0 Å². The lowest BCUT2D eigenvalue weighted by atomic mass is 10.0. The van der Waals surface area contributed by atoms with E-state index in [2.05, 4.69) is 32.1 Å². The van der Waals surface area contributed by atoms with Gasteiger partial charge >= 0.3 is 6.18 Å². The van der Waals surface area contributed by atoms with Gasteiger partial charge in [-0.25, -0.2) is 15.0 Å². The van der Waals surface area contributed by atoms with Crippen molar-refractivity contribution in [2.75, 3.05) is 5.32 Å². The lowest BCUT2D eigenvalue weighted by Crippen LogP contribution is -2.14. The van der Waals surface area contributed by atoms with Gasteiger partial charge in [0.05, 0.1) is 11.8 Å². The maximum Gasteiger partial charge on any atom is 0.416 e. The number of imidazole rings is 1. The molecule has 0 saturated heterocycles. The highest BCUT2D eigenvalue weighted by molar-refractivity contribution is 6.05. The zero-order valence-electron chi connectivity index (χ0n) is 19.4. The number of hydrogen-bond donors (Lipinski definition) is 1. The zero-order chi connectivity index (χ0) is 26.0. The Hall–Kier alpha value is -4.97. The molecule has 2 aromatic carbocycles. The SMILES string of the molecule is Cc1ccc(C(=O)Nc2cc(-c3cncnc3)cc(C(F)(F)F)c2)cc1C#Cc1cnc2ccccn12. The Morgan fingerprint density at radius 2 is 1.76 bits per heavy atom. The number of nitrogens with one attached hydrogen (secondary N) is 1. The molecule has 0 unspecified atom stereocenters. The van der Waals surface area contributed by atoms with Crippen molar-refractivity contribution in [3.05, 3.63) is 114 Å². The smallest absolute Gasteiger partial charge is 0.322 e. The standard InChI is InChI=1S/C28H18F3N5O/c1-18-5-6-20(10-19(18)7-8-25-16-34-26-4-2-3-9-36(25)26)27(37)35-24-12-21(22-14-32-17-33-15-22)11-23(13-24)28(29,30)31/h2-6,9-17H,1H3,(H,35,37). The molecule has 0 atom stereocenters. The fourth-order valence-corrected chi connectivity index (χ4v) is 3.74. The number of halogens is 3. The number of benzene rings is 2. The van der Waals surface area contributed by atoms with Crippen LogP contribution < -0.4 is 5.32 Å². The minimum atomic E-state index is -4.60. The van der Waals surface area contributed by atoms with Crippen molar-refractivity contribution in [3.63, 3.8) is 0 Å². The second kappa shape index (κ2) is 9.59. The largest absolute Gasteiger partial charge is 0.416 e. The molecule has 3 aromatic heterocycles. The summed E-state index contributed by atoms with van der Waals surface area (Å²) in [5, 5.41) is 2.58. The highest BCUT2D eigenvalue weighted by atomic mass is 19.4. The predicted octanol–water partition coefficient (Wildman–Crippen LogP) is 5.77. The van der Waals surface area contributed by atoms with Crippen LogP contribution in [0.2, 0.25) is 0 Å². The fraction of sp³-hybridized carbons (Fsp3) is 0.0714. The fourth-order valence-electron chi connectivity index (χ4n) is 3.74. The van der Waals surface area contributed by atoms with Crippen molar-refractivity contribution < 1.29 is 18.0 Å². The maximum absolute atomic E-state index is 13.6. The quantitative estimate of drug-likeness (QED) is 0.321. The minimum Gasteiger partial charge on any atom is -0.322 e. The Labute approximate surface area is 209 Å². The number of hydrogen-bond acceptors (Lipinski definition) is 4. The van der Waals surface area contributed by atoms with Gasteiger partial charge in [-0.05, 0) is 66.4 Å². The highest BCUT2D eigenvalue weighted by Crippen LogP contribution is 2.34. The van der Waals surface area contributed by atoms with E-state index in [1.165, 1.54) is 24.8 Å². The summed E-state index contributed by atoms with van der Waals surface area (Å²) in [4.78, 5) is 25.0. The van der Waals surface area contributed by atoms with Gasteiger partial charge in [0.1, 0.15) is 17.7 Å². The average Bonchev–Trinajstić information content (AvgIpc) is 3.31. The van der Waals surface area contributed by atoms with E-state index < -0.39 is 17.6 Å². The van der Waals surface area contributed by atoms with E-state index in [0.717, 1.165) is 23.3 Å². The molecule has 1 amide bonds. The molecule has 0 radical (unpaired) electrons. The molecule has 0 bridgehead atoms. The molecule has 3 heterocycles. The van der Waals surface area contributed by atoms with Crippen LogP contribution in [0.25, 0.3) is 16.8 Å². The van der Waals surface area contributed by atoms with Crippen LogP contribution in [0.1, 0.15) is 32.7 Å². The van der Waals surface area contributed by atoms with E-state index in [0.29, 0.717) is 16.8 Å². The molecule has 0 aliphatic carbocycles. The van der Waals surface area contributed by atoms with Gasteiger partial charge in [0, 0.05) is 41.0 Å². The van der Waals surface area contributed by atoms with Crippen LogP contribution in [0.3, 0.4) is 0 Å². The minimum absolute atomic E-state index is 0.00221. The summed E-state index contributed by atoms with van der Waals surface area (Å²) in [6, 6.07) is 13.9. The average molecular weight is 497 g/mol. The first-order valence-electron chi connectivity index (χ1n) is 11.1. The van der Waals surface area contributed by atoms with Crippen LogP contribution in [0.15, 0.2) is 85.7 Å². The Bertz CT molecular complexity index is 1680. The van der Waals surface area contributed by atoms with E-state index in [1.807, 2.05) is 35.7 Å². The number of aromatic nitrogens is 4. The third kappa shape index (κ3) is 5.18. The second-order valence-electron chi connectivity index (χ2n) is 8.23. The molecule has 6 nitrogen and oxygen atoms in total. The van der Waals surface area contributed by atoms with E-state index in [4.69, 9.17) is 0 Å². The van der Waals surface area contributed by atoms with Gasteiger partial charge < -0.3 is 5.32 Å². The molecule has 182 valence electrons. The van der Waals surface area contributed by atoms with Crippen LogP contribution in [-0.2, 0) is 6.18 Å². The zero-order valence-corrected chi connectivity index (χ0v) is 19.4. The van der Waals surface area contributed by atoms with Crippen molar-refractivity contribution in [1.82, 2.24) is 19.4 Å². The number of carbonyl (C=O) groups excluding carboxylic acids is 1. The molecule has 5 rings (SSSR count). The van der Waals surface area contributed by atoms with Crippen LogP contribution >= 0.6 is 0 Å². The van der Waals surface area contributed by atoms with E-state index in [-0.39, 0.29) is 16.8 Å². The van der Waals surface area contributed by atoms with Crippen molar-refractivity contribution >= 4 is 17.2 Å². The molecule has 0 aliphatic heterocycles. The highest BCUT2D eigenvalue weighted by Gasteiger charge is 2.31. The number of anilines is 1. The summed E-state index contributed by atoms with van der Waals surface area (Å²) < 4.78 is 42.5. The number of rotatable bonds is 3. The first kappa shape index (κ1) is 23.8. The predicted molar refractivity (Wildman–Crippen MR) is 133 cm³/mol. The Kier molecular flexibility index (Phi) is 6.15. The molecule has 9 heteroatoms. The van der Waals surface area contributed by atoms with Crippen molar-refractivity contribution in [2.24, 2.45) is 0 Å². The first-order chi connectivity index (χ1) is 17.8. The summed E-state index contributed by atoms with van der Waals surface area (Å²) in [5.74, 6) is 5.58. The normalized spacial score (nSPS) is 11.1. The van der Waals surface area contributed by atoms with Gasteiger partial charge in [0.15, 0.2) is 0 Å². The Morgan fingerprint density at radius 3 is 2.54 bits per heavy atom. The second-order valence-corrected chi connectivity index (χ2v) is 8.23. The van der Waals surface area contributed by atoms with Gasteiger partial charge in [0.25, 0.3) is 5.91 Å². The molecular formula is C28H18F3N5O. The van der Waals surface area contributed by atoms with Gasteiger partial charge in [-0.2, -0.15) is 13.2 Å². The van der Waals surface area contributed by atoms with Gasteiger partial charge in [-0.15, -0.1) is 0 Å². The van der Waals surface area contributed by atoms with Crippen molar-refractivity contribution in [1.29, 1.82) is 0 Å². The summed E-state index contributed by atoms with van der Waals surface area (Å²) in [5.41, 5.74) is 2.90. The van der Waals surface area contributed by atoms with Crippen molar-refractivity contribution in [2.45, 2.75) is 13.1 Å². The van der Waals surface area contributed by atoms with E-state index >= 15 is 0 Å². The molecule has 0 saturated carbocycles. The first-order valence-corrected chi connectivity index (χ1v) is 11.1. The lowest BCUT2D eigenvalue weighted by molar-refractivity contribution is -0.137. The summed E-state index contributed by atoms with van der Waals surface area (Å²) in [6.07, 6.45) is 3.01. The summed E-state index contributed by atoms with van der Waals surface area (Å²) >= 11 is 0. The summed E-state index contributed by atoms with van der Waals surface area (Å²) in [6.45, 7) is 1.86. The number of carbonyl (C=O) groups is 1. The molecule has 0 fully saturated rings. The van der Waals surface area contributed by atoms with Crippen LogP contribution in [0.5, 0.6) is 0 Å². The van der Waals surface area contributed by atoms with Crippen LogP contribution in [0.4, 0.5) is 18.9 Å². The van der Waals surface area contributed by atoms with E-state index in [9.17, 15) is 18.0 Å². The maximum atomic E-state index is 13.6. The van der Waals surface area contributed by atoms with Crippen LogP contribution in [0, 0.1) is 18.8 Å². The van der Waals surface area contributed by atoms with E-state index in [1.54, 1.807) is 24.4 Å². The molecule has 37 heavy (non-hydrogen) atoms. The Balaban J connectivity index is 1.45.